The number of nitrogens with zero attached hydrogens (tertiary/aromatic N) is 1. The number of fused-ring (bicyclic) bond motifs is 1. The molecule has 1 saturated heterocycles. The molecule has 0 saturated carbocycles. The van der Waals surface area contributed by atoms with Crippen molar-refractivity contribution in [3.63, 3.8) is 0 Å². The fourth-order valence-electron chi connectivity index (χ4n) is 3.12. The first-order valence-electron chi connectivity index (χ1n) is 7.98. The summed E-state index contributed by atoms with van der Waals surface area (Å²) in [7, 11) is 0. The maximum atomic E-state index is 5.88. The highest BCUT2D eigenvalue weighted by molar-refractivity contribution is 9.10. The van der Waals surface area contributed by atoms with Gasteiger partial charge in [-0.05, 0) is 23.8 Å². The van der Waals surface area contributed by atoms with Crippen LogP contribution in [-0.2, 0) is 4.74 Å². The van der Waals surface area contributed by atoms with Gasteiger partial charge in [-0.25, -0.2) is 0 Å². The van der Waals surface area contributed by atoms with Crippen LogP contribution in [0.4, 0.5) is 0 Å². The average molecular weight is 401 g/mol. The van der Waals surface area contributed by atoms with Gasteiger partial charge in [0.1, 0.15) is 4.99 Å². The normalized spacial score (nSPS) is 15.0. The summed E-state index contributed by atoms with van der Waals surface area (Å²) in [6.07, 6.45) is 0. The van der Waals surface area contributed by atoms with Gasteiger partial charge in [-0.3, -0.25) is 0 Å². The summed E-state index contributed by atoms with van der Waals surface area (Å²) in [5.74, 6) is 0. The molecule has 0 spiro atoms. The van der Waals surface area contributed by atoms with Crippen LogP contribution in [0.5, 0.6) is 0 Å². The topological polar surface area (TPSA) is 28.3 Å². The number of H-pyrrole nitrogens is 1. The predicted molar refractivity (Wildman–Crippen MR) is 106 cm³/mol. The standard InChI is InChI=1S/C19H17BrN2OS/c20-14-7-5-13(6-8-14)18-17(15-3-1-2-4-16(15)21-18)19(24)22-9-11-23-12-10-22/h1-8,21H,9-12H2. The zero-order valence-electron chi connectivity index (χ0n) is 13.1. The SMILES string of the molecule is S=C(c1c(-c2ccc(Br)cc2)[nH]c2ccccc12)N1CCOCC1. The molecule has 0 amide bonds. The summed E-state index contributed by atoms with van der Waals surface area (Å²) in [6, 6.07) is 16.7. The third kappa shape index (κ3) is 2.88. The number of hydrogen-bond acceptors (Lipinski definition) is 2. The van der Waals surface area contributed by atoms with E-state index in [1.807, 2.05) is 6.07 Å². The predicted octanol–water partition coefficient (Wildman–Crippen LogP) is 4.61. The number of ether oxygens (including phenoxy) is 1. The molecular formula is C19H17BrN2OS. The molecule has 0 bridgehead atoms. The van der Waals surface area contributed by atoms with E-state index in [4.69, 9.17) is 17.0 Å². The molecule has 4 rings (SSSR count). The third-order valence-corrected chi connectivity index (χ3v) is 5.34. The molecule has 1 aliphatic heterocycles. The summed E-state index contributed by atoms with van der Waals surface area (Å²) < 4.78 is 6.54. The number of aromatic amines is 1. The molecule has 0 radical (unpaired) electrons. The van der Waals surface area contributed by atoms with Crippen molar-refractivity contribution in [3.05, 3.63) is 58.6 Å². The third-order valence-electron chi connectivity index (χ3n) is 4.35. The van der Waals surface area contributed by atoms with E-state index in [9.17, 15) is 0 Å². The Morgan fingerprint density at radius 1 is 1.04 bits per heavy atom. The first kappa shape index (κ1) is 15.8. The molecule has 0 aliphatic carbocycles. The molecular weight excluding hydrogens is 384 g/mol. The number of hydrogen-bond donors (Lipinski definition) is 1. The van der Waals surface area contributed by atoms with Crippen LogP contribution in [0.1, 0.15) is 5.56 Å². The second-order valence-electron chi connectivity index (χ2n) is 5.83. The largest absolute Gasteiger partial charge is 0.378 e. The van der Waals surface area contributed by atoms with Gasteiger partial charge in [-0.15, -0.1) is 0 Å². The van der Waals surface area contributed by atoms with Crippen LogP contribution in [0.25, 0.3) is 22.2 Å². The molecule has 122 valence electrons. The van der Waals surface area contributed by atoms with Crippen molar-refractivity contribution in [2.75, 3.05) is 26.3 Å². The second-order valence-corrected chi connectivity index (χ2v) is 7.13. The summed E-state index contributed by atoms with van der Waals surface area (Å²) in [6.45, 7) is 3.16. The quantitative estimate of drug-likeness (QED) is 0.636. The Balaban J connectivity index is 1.86. The molecule has 24 heavy (non-hydrogen) atoms. The fraction of sp³-hybridized carbons (Fsp3) is 0.211. The summed E-state index contributed by atoms with van der Waals surface area (Å²) in [4.78, 5) is 6.70. The van der Waals surface area contributed by atoms with E-state index in [0.717, 1.165) is 58.1 Å². The van der Waals surface area contributed by atoms with Crippen molar-refractivity contribution in [2.24, 2.45) is 0 Å². The van der Waals surface area contributed by atoms with Gasteiger partial charge >= 0.3 is 0 Å². The van der Waals surface area contributed by atoms with Crippen LogP contribution in [0.15, 0.2) is 53.0 Å². The van der Waals surface area contributed by atoms with Crippen molar-refractivity contribution < 1.29 is 4.74 Å². The van der Waals surface area contributed by atoms with E-state index in [-0.39, 0.29) is 0 Å². The zero-order valence-corrected chi connectivity index (χ0v) is 15.5. The van der Waals surface area contributed by atoms with Gasteiger partial charge in [0.2, 0.25) is 0 Å². The number of morpholine rings is 1. The van der Waals surface area contributed by atoms with Crippen LogP contribution in [0, 0.1) is 0 Å². The number of benzene rings is 2. The number of nitrogens with one attached hydrogen (secondary N) is 1. The number of para-hydroxylation sites is 1. The van der Waals surface area contributed by atoms with Gasteiger partial charge in [0.25, 0.3) is 0 Å². The first-order valence-corrected chi connectivity index (χ1v) is 9.18. The van der Waals surface area contributed by atoms with E-state index >= 15 is 0 Å². The number of halogens is 1. The lowest BCUT2D eigenvalue weighted by Gasteiger charge is -2.29. The minimum absolute atomic E-state index is 0.732. The monoisotopic (exact) mass is 400 g/mol. The smallest absolute Gasteiger partial charge is 0.112 e. The van der Waals surface area contributed by atoms with Crippen molar-refractivity contribution in [1.29, 1.82) is 0 Å². The van der Waals surface area contributed by atoms with Gasteiger partial charge in [0.15, 0.2) is 0 Å². The van der Waals surface area contributed by atoms with Crippen molar-refractivity contribution in [2.45, 2.75) is 0 Å². The Hall–Kier alpha value is -1.69. The van der Waals surface area contributed by atoms with Crippen molar-refractivity contribution in [3.8, 4) is 11.3 Å². The summed E-state index contributed by atoms with van der Waals surface area (Å²) >= 11 is 9.38. The molecule has 3 nitrogen and oxygen atoms in total. The lowest BCUT2D eigenvalue weighted by molar-refractivity contribution is 0.0693. The highest BCUT2D eigenvalue weighted by Gasteiger charge is 2.22. The fourth-order valence-corrected chi connectivity index (χ4v) is 3.78. The molecule has 0 unspecified atom stereocenters. The average Bonchev–Trinajstić information content (AvgIpc) is 3.02. The molecule has 5 heteroatoms. The van der Waals surface area contributed by atoms with E-state index in [2.05, 4.69) is 68.3 Å². The second kappa shape index (κ2) is 6.67. The maximum absolute atomic E-state index is 5.88. The first-order chi connectivity index (χ1) is 11.7. The maximum Gasteiger partial charge on any atom is 0.112 e. The molecule has 1 aromatic heterocycles. The molecule has 2 aromatic carbocycles. The molecule has 0 atom stereocenters. The van der Waals surface area contributed by atoms with Gasteiger partial charge < -0.3 is 14.6 Å². The Kier molecular flexibility index (Phi) is 4.39. The number of aromatic nitrogens is 1. The molecule has 1 fully saturated rings. The van der Waals surface area contributed by atoms with E-state index < -0.39 is 0 Å². The molecule has 2 heterocycles. The Morgan fingerprint density at radius 3 is 2.50 bits per heavy atom. The minimum Gasteiger partial charge on any atom is -0.378 e. The number of thiocarbonyl (C=S) groups is 1. The van der Waals surface area contributed by atoms with E-state index in [1.54, 1.807) is 0 Å². The van der Waals surface area contributed by atoms with E-state index in [1.165, 1.54) is 5.39 Å². The van der Waals surface area contributed by atoms with Gasteiger partial charge in [-0.1, -0.05) is 58.5 Å². The van der Waals surface area contributed by atoms with Crippen molar-refractivity contribution >= 4 is 44.0 Å². The minimum atomic E-state index is 0.732. The lowest BCUT2D eigenvalue weighted by Crippen LogP contribution is -2.40. The molecule has 3 aromatic rings. The van der Waals surface area contributed by atoms with Crippen LogP contribution in [0.2, 0.25) is 0 Å². The van der Waals surface area contributed by atoms with Gasteiger partial charge in [0, 0.05) is 34.0 Å². The zero-order chi connectivity index (χ0) is 16.5. The Labute approximate surface area is 154 Å². The summed E-state index contributed by atoms with van der Waals surface area (Å²) in [5.41, 5.74) is 4.45. The van der Waals surface area contributed by atoms with Gasteiger partial charge in [0.05, 0.1) is 18.9 Å². The van der Waals surface area contributed by atoms with Crippen LogP contribution in [-0.4, -0.2) is 41.2 Å². The molecule has 1 aliphatic rings. The number of rotatable bonds is 2. The lowest BCUT2D eigenvalue weighted by atomic mass is 10.0. The van der Waals surface area contributed by atoms with Crippen molar-refractivity contribution in [1.82, 2.24) is 9.88 Å². The van der Waals surface area contributed by atoms with Crippen LogP contribution < -0.4 is 0 Å². The highest BCUT2D eigenvalue weighted by atomic mass is 79.9. The highest BCUT2D eigenvalue weighted by Crippen LogP contribution is 2.32. The van der Waals surface area contributed by atoms with E-state index in [0.29, 0.717) is 0 Å². The van der Waals surface area contributed by atoms with Crippen LogP contribution in [0.3, 0.4) is 0 Å². The summed E-state index contributed by atoms with van der Waals surface area (Å²) in [5, 5.41) is 1.17. The van der Waals surface area contributed by atoms with Crippen LogP contribution >= 0.6 is 28.1 Å². The van der Waals surface area contributed by atoms with Gasteiger partial charge in [-0.2, -0.15) is 0 Å². The molecule has 1 N–H and O–H groups in total. The Morgan fingerprint density at radius 2 is 1.75 bits per heavy atom. The Bertz CT molecular complexity index is 882.